The van der Waals surface area contributed by atoms with Crippen LogP contribution >= 0.6 is 0 Å². The smallest absolute Gasteiger partial charge is 0.246 e. The van der Waals surface area contributed by atoms with E-state index in [0.717, 1.165) is 45.1 Å². The SMILES string of the molecule is O=C1N(Cc2ccccn2)c2cccc(-c3ccc(Oc4ccccc4)cc3)c2C12COc1cc3c(cc12)OCCO3. The highest BCUT2D eigenvalue weighted by atomic mass is 16.6. The van der Waals surface area contributed by atoms with Crippen LogP contribution in [0.5, 0.6) is 28.7 Å². The van der Waals surface area contributed by atoms with E-state index < -0.39 is 5.41 Å². The molecular weight excluding hydrogens is 528 g/mol. The van der Waals surface area contributed by atoms with Crippen molar-refractivity contribution in [2.45, 2.75) is 12.0 Å². The number of carbonyl (C=O) groups excluding carboxylic acids is 1. The third kappa shape index (κ3) is 3.81. The quantitative estimate of drug-likeness (QED) is 0.246. The average Bonchev–Trinajstić information content (AvgIpc) is 3.53. The number of benzene rings is 4. The van der Waals surface area contributed by atoms with E-state index in [1.54, 1.807) is 6.20 Å². The molecule has 1 unspecified atom stereocenters. The van der Waals surface area contributed by atoms with E-state index in [-0.39, 0.29) is 12.5 Å². The maximum atomic E-state index is 14.7. The number of amides is 1. The molecule has 4 aromatic carbocycles. The van der Waals surface area contributed by atoms with Gasteiger partial charge in [-0.05, 0) is 59.7 Å². The van der Waals surface area contributed by atoms with E-state index >= 15 is 0 Å². The fraction of sp³-hybridized carbons (Fsp3) is 0.143. The molecule has 0 bridgehead atoms. The van der Waals surface area contributed by atoms with Crippen LogP contribution in [0.4, 0.5) is 5.69 Å². The normalized spacial score (nSPS) is 18.0. The molecule has 42 heavy (non-hydrogen) atoms. The summed E-state index contributed by atoms with van der Waals surface area (Å²) in [5.74, 6) is 3.36. The molecule has 1 amide bonds. The molecule has 7 heteroatoms. The molecule has 1 spiro atoms. The minimum atomic E-state index is -1.05. The van der Waals surface area contributed by atoms with E-state index in [1.165, 1.54) is 0 Å². The predicted molar refractivity (Wildman–Crippen MR) is 158 cm³/mol. The summed E-state index contributed by atoms with van der Waals surface area (Å²) in [6, 6.07) is 33.3. The molecule has 4 heterocycles. The van der Waals surface area contributed by atoms with E-state index in [0.29, 0.717) is 37.0 Å². The second-order valence-corrected chi connectivity index (χ2v) is 10.5. The molecule has 1 aromatic heterocycles. The van der Waals surface area contributed by atoms with Gasteiger partial charge in [-0.15, -0.1) is 0 Å². The highest BCUT2D eigenvalue weighted by Crippen LogP contribution is 2.57. The van der Waals surface area contributed by atoms with Crippen molar-refractivity contribution in [3.8, 4) is 39.9 Å². The minimum Gasteiger partial charge on any atom is -0.491 e. The Morgan fingerprint density at radius 1 is 0.762 bits per heavy atom. The number of ether oxygens (including phenoxy) is 4. The van der Waals surface area contributed by atoms with Gasteiger partial charge in [0.05, 0.1) is 12.2 Å². The van der Waals surface area contributed by atoms with E-state index in [9.17, 15) is 4.79 Å². The van der Waals surface area contributed by atoms with Crippen LogP contribution in [-0.2, 0) is 16.8 Å². The van der Waals surface area contributed by atoms with Crippen LogP contribution in [-0.4, -0.2) is 30.7 Å². The van der Waals surface area contributed by atoms with Crippen LogP contribution in [0.3, 0.4) is 0 Å². The van der Waals surface area contributed by atoms with Crippen LogP contribution in [0.2, 0.25) is 0 Å². The third-order valence-corrected chi connectivity index (χ3v) is 8.11. The molecule has 5 aromatic rings. The Balaban J connectivity index is 1.27. The van der Waals surface area contributed by atoms with Gasteiger partial charge < -0.3 is 23.8 Å². The minimum absolute atomic E-state index is 0.0462. The van der Waals surface area contributed by atoms with Gasteiger partial charge in [0.1, 0.15) is 42.5 Å². The monoisotopic (exact) mass is 554 g/mol. The molecule has 0 radical (unpaired) electrons. The predicted octanol–water partition coefficient (Wildman–Crippen LogP) is 6.54. The number of fused-ring (bicyclic) bond motifs is 5. The van der Waals surface area contributed by atoms with Gasteiger partial charge in [0.25, 0.3) is 0 Å². The van der Waals surface area contributed by atoms with Crippen LogP contribution in [0.25, 0.3) is 11.1 Å². The largest absolute Gasteiger partial charge is 0.491 e. The first-order valence-corrected chi connectivity index (χ1v) is 14.0. The Hall–Kier alpha value is -5.30. The summed E-state index contributed by atoms with van der Waals surface area (Å²) in [4.78, 5) is 21.0. The number of aromatic nitrogens is 1. The van der Waals surface area contributed by atoms with Crippen molar-refractivity contribution in [3.63, 3.8) is 0 Å². The van der Waals surface area contributed by atoms with Gasteiger partial charge in [-0.25, -0.2) is 0 Å². The lowest BCUT2D eigenvalue weighted by Gasteiger charge is -2.25. The standard InChI is InChI=1S/C35H26N2O5/c38-34-35(22-41-30-20-32-31(19-28(30)35)39-17-18-40-32)33-27(10-6-11-29(33)37(34)21-24-7-4-5-16-36-24)23-12-14-26(15-13-23)42-25-8-2-1-3-9-25/h1-16,19-20H,17-18,21-22H2. The van der Waals surface area contributed by atoms with Crippen LogP contribution < -0.4 is 23.8 Å². The number of rotatable bonds is 5. The van der Waals surface area contributed by atoms with Gasteiger partial charge in [-0.1, -0.05) is 48.5 Å². The van der Waals surface area contributed by atoms with Crippen molar-refractivity contribution in [2.24, 2.45) is 0 Å². The summed E-state index contributed by atoms with van der Waals surface area (Å²) in [6.07, 6.45) is 1.75. The Bertz CT molecular complexity index is 1810. The van der Waals surface area contributed by atoms with Crippen molar-refractivity contribution in [2.75, 3.05) is 24.7 Å². The molecule has 0 saturated heterocycles. The van der Waals surface area contributed by atoms with Crippen LogP contribution in [0, 0.1) is 0 Å². The summed E-state index contributed by atoms with van der Waals surface area (Å²) in [5, 5.41) is 0. The van der Waals surface area contributed by atoms with Crippen molar-refractivity contribution in [3.05, 3.63) is 126 Å². The number of anilines is 1. The summed E-state index contributed by atoms with van der Waals surface area (Å²) >= 11 is 0. The molecular formula is C35H26N2O5. The highest BCUT2D eigenvalue weighted by Gasteiger charge is 2.58. The molecule has 0 N–H and O–H groups in total. The summed E-state index contributed by atoms with van der Waals surface area (Å²) in [5.41, 5.74) is 4.25. The van der Waals surface area contributed by atoms with Gasteiger partial charge in [0, 0.05) is 29.1 Å². The molecule has 8 rings (SSSR count). The Labute approximate surface area is 242 Å². The number of hydrogen-bond acceptors (Lipinski definition) is 6. The molecule has 7 nitrogen and oxygen atoms in total. The zero-order valence-electron chi connectivity index (χ0n) is 22.7. The summed E-state index contributed by atoms with van der Waals surface area (Å²) in [7, 11) is 0. The van der Waals surface area contributed by atoms with Gasteiger partial charge in [-0.3, -0.25) is 9.78 Å². The molecule has 0 saturated carbocycles. The van der Waals surface area contributed by atoms with E-state index in [4.69, 9.17) is 18.9 Å². The van der Waals surface area contributed by atoms with Gasteiger partial charge in [0.2, 0.25) is 5.91 Å². The second-order valence-electron chi connectivity index (χ2n) is 10.5. The first kappa shape index (κ1) is 24.5. The zero-order valence-corrected chi connectivity index (χ0v) is 22.7. The highest BCUT2D eigenvalue weighted by molar-refractivity contribution is 6.13. The van der Waals surface area contributed by atoms with Gasteiger partial charge in [-0.2, -0.15) is 0 Å². The number of para-hydroxylation sites is 1. The lowest BCUT2D eigenvalue weighted by Crippen LogP contribution is -2.42. The van der Waals surface area contributed by atoms with Crippen LogP contribution in [0.15, 0.2) is 109 Å². The average molecular weight is 555 g/mol. The Kier molecular flexibility index (Phi) is 5.63. The number of carbonyl (C=O) groups is 1. The van der Waals surface area contributed by atoms with Crippen molar-refractivity contribution in [1.82, 2.24) is 4.98 Å². The molecule has 0 aliphatic carbocycles. The molecule has 3 aliphatic heterocycles. The van der Waals surface area contributed by atoms with E-state index in [2.05, 4.69) is 11.1 Å². The summed E-state index contributed by atoms with van der Waals surface area (Å²) in [6.45, 7) is 1.47. The third-order valence-electron chi connectivity index (χ3n) is 8.11. The maximum absolute atomic E-state index is 14.7. The lowest BCUT2D eigenvalue weighted by atomic mass is 9.74. The lowest BCUT2D eigenvalue weighted by molar-refractivity contribution is -0.122. The zero-order chi connectivity index (χ0) is 28.1. The number of hydrogen-bond donors (Lipinski definition) is 0. The molecule has 1 atom stereocenters. The molecule has 3 aliphatic rings. The fourth-order valence-electron chi connectivity index (χ4n) is 6.21. The van der Waals surface area contributed by atoms with Crippen molar-refractivity contribution < 1.29 is 23.7 Å². The van der Waals surface area contributed by atoms with Gasteiger partial charge in [0.15, 0.2) is 11.5 Å². The Morgan fingerprint density at radius 3 is 2.31 bits per heavy atom. The van der Waals surface area contributed by atoms with E-state index in [1.807, 2.05) is 102 Å². The Morgan fingerprint density at radius 2 is 1.52 bits per heavy atom. The molecule has 206 valence electrons. The first-order chi connectivity index (χ1) is 20.7. The second kappa shape index (κ2) is 9.66. The van der Waals surface area contributed by atoms with Crippen molar-refractivity contribution >= 4 is 11.6 Å². The maximum Gasteiger partial charge on any atom is 0.246 e. The summed E-state index contributed by atoms with van der Waals surface area (Å²) < 4.78 is 24.1. The number of nitrogens with zero attached hydrogens (tertiary/aromatic N) is 2. The van der Waals surface area contributed by atoms with Gasteiger partial charge >= 0.3 is 0 Å². The molecule has 0 fully saturated rings. The fourth-order valence-corrected chi connectivity index (χ4v) is 6.21. The number of pyridine rings is 1. The van der Waals surface area contributed by atoms with Crippen molar-refractivity contribution in [1.29, 1.82) is 0 Å². The topological polar surface area (TPSA) is 70.1 Å². The van der Waals surface area contributed by atoms with Crippen LogP contribution in [0.1, 0.15) is 16.8 Å². The first-order valence-electron chi connectivity index (χ1n) is 14.0.